The molecular formula is C41H77ClN8. The fraction of sp³-hybridized carbons (Fsp3) is 0.707. The van der Waals surface area contributed by atoms with Crippen molar-refractivity contribution in [2.24, 2.45) is 5.92 Å². The molecule has 0 spiro atoms. The molecule has 1 heterocycles. The van der Waals surface area contributed by atoms with Crippen molar-refractivity contribution in [1.29, 1.82) is 0 Å². The monoisotopic (exact) mass is 717 g/mol. The molecule has 1 aliphatic carbocycles. The standard InChI is InChI=1S/C13H20N2.C11H17ClN2.C11H24N2.C6H16N2/c1-2-6-13(7-3-1)12-14-8-11-15-9-4-5-10-15;1-14(2)8-7-13-9-10-3-5-11(12)6-4-10;1-13(2)9-8-12-10-11-6-4-3-5-7-11;1-4-7-5-6-8(2)3/h1-3,6-7,14H,4-5,8-12H2;3-6,13H,7-9H2,1-2H3;11-12H,3-10H2,1-2H3;7H,4-6H2,1-3H3. The molecule has 2 aromatic rings. The molecule has 9 heteroatoms. The van der Waals surface area contributed by atoms with Gasteiger partial charge in [0, 0.05) is 70.5 Å². The number of hydrogen-bond donors (Lipinski definition) is 4. The SMILES string of the molecule is CCNCCN(C)C.CN(C)CCNCC1CCCCC1.CN(C)CCNCc1ccc(Cl)cc1.c1ccc(CNCCN2CCCC2)cc1. The lowest BCUT2D eigenvalue weighted by Gasteiger charge is -2.22. The Bertz CT molecular complexity index is 978. The number of likely N-dealkylation sites (N-methyl/N-ethyl adjacent to an activating group) is 4. The Balaban J connectivity index is 0.000000341. The third-order valence-corrected chi connectivity index (χ3v) is 9.08. The predicted octanol–water partition coefficient (Wildman–Crippen LogP) is 5.74. The average molecular weight is 718 g/mol. The summed E-state index contributed by atoms with van der Waals surface area (Å²) < 4.78 is 0. The highest BCUT2D eigenvalue weighted by molar-refractivity contribution is 6.30. The minimum Gasteiger partial charge on any atom is -0.316 e. The smallest absolute Gasteiger partial charge is 0.0406 e. The highest BCUT2D eigenvalue weighted by atomic mass is 35.5. The fourth-order valence-electron chi connectivity index (χ4n) is 5.69. The van der Waals surface area contributed by atoms with Gasteiger partial charge in [-0.2, -0.15) is 0 Å². The zero-order valence-corrected chi connectivity index (χ0v) is 34.0. The predicted molar refractivity (Wildman–Crippen MR) is 221 cm³/mol. The zero-order chi connectivity index (χ0) is 36.7. The van der Waals surface area contributed by atoms with Gasteiger partial charge in [-0.15, -0.1) is 0 Å². The van der Waals surface area contributed by atoms with Crippen LogP contribution in [-0.2, 0) is 13.1 Å². The van der Waals surface area contributed by atoms with E-state index in [-0.39, 0.29) is 0 Å². The Morgan fingerprint density at radius 2 is 1.10 bits per heavy atom. The number of nitrogens with zero attached hydrogens (tertiary/aromatic N) is 4. The van der Waals surface area contributed by atoms with Crippen LogP contribution in [-0.4, -0.2) is 140 Å². The molecule has 2 fully saturated rings. The number of benzene rings is 2. The Morgan fingerprint density at radius 1 is 0.600 bits per heavy atom. The normalized spacial score (nSPS) is 14.9. The first-order valence-electron chi connectivity index (χ1n) is 19.5. The lowest BCUT2D eigenvalue weighted by Crippen LogP contribution is -2.31. The van der Waals surface area contributed by atoms with Crippen molar-refractivity contribution in [1.82, 2.24) is 40.9 Å². The van der Waals surface area contributed by atoms with Crippen molar-refractivity contribution in [3.8, 4) is 0 Å². The number of halogens is 1. The summed E-state index contributed by atoms with van der Waals surface area (Å²) in [6, 6.07) is 18.5. The van der Waals surface area contributed by atoms with Gasteiger partial charge in [-0.3, -0.25) is 0 Å². The van der Waals surface area contributed by atoms with Gasteiger partial charge in [0.05, 0.1) is 0 Å². The first kappa shape index (κ1) is 46.4. The first-order chi connectivity index (χ1) is 24.2. The second kappa shape index (κ2) is 32.1. The summed E-state index contributed by atoms with van der Waals surface area (Å²) in [5.74, 6) is 0.968. The van der Waals surface area contributed by atoms with Crippen LogP contribution >= 0.6 is 11.6 Å². The molecule has 1 saturated carbocycles. The van der Waals surface area contributed by atoms with Crippen molar-refractivity contribution in [3.63, 3.8) is 0 Å². The summed E-state index contributed by atoms with van der Waals surface area (Å²) in [7, 11) is 12.6. The van der Waals surface area contributed by atoms with E-state index < -0.39 is 0 Å². The molecule has 0 bridgehead atoms. The summed E-state index contributed by atoms with van der Waals surface area (Å²) in [5, 5.41) is 14.4. The minimum absolute atomic E-state index is 0.794. The molecule has 0 aromatic heterocycles. The van der Waals surface area contributed by atoms with E-state index in [9.17, 15) is 0 Å². The van der Waals surface area contributed by atoms with Crippen LogP contribution in [0.15, 0.2) is 54.6 Å². The van der Waals surface area contributed by atoms with E-state index >= 15 is 0 Å². The van der Waals surface area contributed by atoms with Gasteiger partial charge in [0.25, 0.3) is 0 Å². The van der Waals surface area contributed by atoms with Gasteiger partial charge >= 0.3 is 0 Å². The van der Waals surface area contributed by atoms with Crippen LogP contribution in [0.25, 0.3) is 0 Å². The molecule has 0 unspecified atom stereocenters. The zero-order valence-electron chi connectivity index (χ0n) is 33.3. The van der Waals surface area contributed by atoms with Gasteiger partial charge in [-0.25, -0.2) is 0 Å². The number of rotatable bonds is 19. The largest absolute Gasteiger partial charge is 0.316 e. The third-order valence-electron chi connectivity index (χ3n) is 8.83. The van der Waals surface area contributed by atoms with Crippen LogP contribution in [0, 0.1) is 5.92 Å². The summed E-state index contributed by atoms with van der Waals surface area (Å²) >= 11 is 5.79. The quantitative estimate of drug-likeness (QED) is 0.138. The van der Waals surface area contributed by atoms with E-state index in [0.29, 0.717) is 0 Å². The maximum absolute atomic E-state index is 5.79. The van der Waals surface area contributed by atoms with Crippen LogP contribution in [0.5, 0.6) is 0 Å². The van der Waals surface area contributed by atoms with Gasteiger partial charge < -0.3 is 40.9 Å². The van der Waals surface area contributed by atoms with Crippen molar-refractivity contribution in [3.05, 3.63) is 70.7 Å². The molecule has 0 radical (unpaired) electrons. The molecule has 4 rings (SSSR count). The molecule has 4 N–H and O–H groups in total. The topological polar surface area (TPSA) is 61.1 Å². The van der Waals surface area contributed by atoms with Gasteiger partial charge in [0.2, 0.25) is 0 Å². The van der Waals surface area contributed by atoms with Crippen molar-refractivity contribution < 1.29 is 0 Å². The van der Waals surface area contributed by atoms with Crippen LogP contribution in [0.4, 0.5) is 0 Å². The van der Waals surface area contributed by atoms with Gasteiger partial charge in [0.1, 0.15) is 0 Å². The first-order valence-corrected chi connectivity index (χ1v) is 19.8. The molecule has 0 amide bonds. The van der Waals surface area contributed by atoms with Crippen LogP contribution in [0.1, 0.15) is 63.0 Å². The van der Waals surface area contributed by atoms with E-state index in [2.05, 4.69) is 120 Å². The summed E-state index contributed by atoms with van der Waals surface area (Å²) in [5.41, 5.74) is 2.65. The van der Waals surface area contributed by atoms with Gasteiger partial charge in [-0.1, -0.05) is 80.3 Å². The average Bonchev–Trinajstić information content (AvgIpc) is 3.63. The van der Waals surface area contributed by atoms with Crippen LogP contribution in [0.3, 0.4) is 0 Å². The molecule has 8 nitrogen and oxygen atoms in total. The second-order valence-corrected chi connectivity index (χ2v) is 14.9. The lowest BCUT2D eigenvalue weighted by molar-refractivity contribution is 0.330. The highest BCUT2D eigenvalue weighted by Crippen LogP contribution is 2.22. The van der Waals surface area contributed by atoms with Crippen LogP contribution < -0.4 is 21.3 Å². The Morgan fingerprint density at radius 3 is 1.64 bits per heavy atom. The summed E-state index contributed by atoms with van der Waals surface area (Å²) in [6.07, 6.45) is 10.1. The Kier molecular flexibility index (Phi) is 29.8. The lowest BCUT2D eigenvalue weighted by atomic mass is 9.89. The molecule has 2 aromatic carbocycles. The maximum atomic E-state index is 5.79. The molecular weight excluding hydrogens is 640 g/mol. The summed E-state index contributed by atoms with van der Waals surface area (Å²) in [4.78, 5) is 9.10. The Hall–Kier alpha value is -1.59. The molecule has 1 saturated heterocycles. The van der Waals surface area contributed by atoms with Gasteiger partial charge in [-0.05, 0) is 123 Å². The van der Waals surface area contributed by atoms with Crippen LogP contribution in [0.2, 0.25) is 5.02 Å². The number of likely N-dealkylation sites (tertiary alicyclic amines) is 1. The van der Waals surface area contributed by atoms with E-state index in [1.54, 1.807) is 0 Å². The Labute approximate surface area is 314 Å². The van der Waals surface area contributed by atoms with Crippen molar-refractivity contribution >= 4 is 11.6 Å². The molecule has 50 heavy (non-hydrogen) atoms. The van der Waals surface area contributed by atoms with Crippen molar-refractivity contribution in [2.45, 2.75) is 65.0 Å². The number of hydrogen-bond acceptors (Lipinski definition) is 8. The molecule has 2 aliphatic rings. The molecule has 288 valence electrons. The van der Waals surface area contributed by atoms with Crippen molar-refractivity contribution in [2.75, 3.05) is 121 Å². The van der Waals surface area contributed by atoms with E-state index in [1.165, 1.54) is 82.3 Å². The number of nitrogens with one attached hydrogen (secondary N) is 4. The summed E-state index contributed by atoms with van der Waals surface area (Å²) in [6.45, 7) is 17.9. The third kappa shape index (κ3) is 29.0. The van der Waals surface area contributed by atoms with E-state index in [1.807, 2.05) is 24.3 Å². The highest BCUT2D eigenvalue weighted by Gasteiger charge is 2.12. The fourth-order valence-corrected chi connectivity index (χ4v) is 5.82. The van der Waals surface area contributed by atoms with Gasteiger partial charge in [0.15, 0.2) is 0 Å². The maximum Gasteiger partial charge on any atom is 0.0406 e. The van der Waals surface area contributed by atoms with E-state index in [4.69, 9.17) is 11.6 Å². The minimum atomic E-state index is 0.794. The molecule has 0 atom stereocenters. The molecule has 1 aliphatic heterocycles. The second-order valence-electron chi connectivity index (χ2n) is 14.5. The van der Waals surface area contributed by atoms with E-state index in [0.717, 1.165) is 76.4 Å².